The van der Waals surface area contributed by atoms with Crippen molar-refractivity contribution in [2.75, 3.05) is 19.7 Å². The average Bonchev–Trinajstić information content (AvgIpc) is 2.39. The van der Waals surface area contributed by atoms with Crippen molar-refractivity contribution < 1.29 is 14.9 Å². The highest BCUT2D eigenvalue weighted by Crippen LogP contribution is 2.27. The first-order chi connectivity index (χ1) is 9.40. The summed E-state index contributed by atoms with van der Waals surface area (Å²) in [5.41, 5.74) is 0. The lowest BCUT2D eigenvalue weighted by Gasteiger charge is -2.17. The molecule has 0 saturated carbocycles. The zero-order chi connectivity index (χ0) is 15.1. The molecule has 0 bridgehead atoms. The molecular weight excluding hydrogens is 301 g/mol. The number of aliphatic hydroxyl groups is 2. The number of halogens is 2. The highest BCUT2D eigenvalue weighted by atomic mass is 35.5. The van der Waals surface area contributed by atoms with E-state index in [2.05, 4.69) is 5.32 Å². The second-order valence-electron chi connectivity index (χ2n) is 5.01. The van der Waals surface area contributed by atoms with E-state index < -0.39 is 12.2 Å². The number of hydrogen-bond acceptors (Lipinski definition) is 4. The van der Waals surface area contributed by atoms with Gasteiger partial charge in [-0.25, -0.2) is 0 Å². The molecule has 6 heteroatoms. The Kier molecular flexibility index (Phi) is 7.62. The fourth-order valence-corrected chi connectivity index (χ4v) is 1.80. The van der Waals surface area contributed by atoms with E-state index in [4.69, 9.17) is 27.9 Å². The molecular formula is C14H21Cl2NO3. The van der Waals surface area contributed by atoms with Gasteiger partial charge < -0.3 is 20.3 Å². The van der Waals surface area contributed by atoms with Crippen LogP contribution < -0.4 is 10.1 Å². The molecule has 0 saturated heterocycles. The largest absolute Gasteiger partial charge is 0.489 e. The number of hydrogen-bond donors (Lipinski definition) is 3. The van der Waals surface area contributed by atoms with E-state index in [1.165, 1.54) is 0 Å². The molecule has 0 aliphatic rings. The van der Waals surface area contributed by atoms with Gasteiger partial charge in [-0.1, -0.05) is 37.0 Å². The standard InChI is InChI=1S/C14H21Cl2NO3/c1-9(2)13(19)7-17-6-11(18)8-20-14-5-10(15)3-4-12(14)16/h3-5,9,11,13,17-19H,6-8H2,1-2H3. The summed E-state index contributed by atoms with van der Waals surface area (Å²) in [7, 11) is 0. The number of aliphatic hydroxyl groups excluding tert-OH is 2. The van der Waals surface area contributed by atoms with Crippen LogP contribution in [0.5, 0.6) is 5.75 Å². The van der Waals surface area contributed by atoms with Crippen LogP contribution in [0.1, 0.15) is 13.8 Å². The van der Waals surface area contributed by atoms with Crippen LogP contribution in [0.3, 0.4) is 0 Å². The van der Waals surface area contributed by atoms with Crippen molar-refractivity contribution in [3.05, 3.63) is 28.2 Å². The van der Waals surface area contributed by atoms with E-state index >= 15 is 0 Å². The maximum atomic E-state index is 9.78. The molecule has 20 heavy (non-hydrogen) atoms. The molecule has 0 spiro atoms. The second kappa shape index (κ2) is 8.70. The number of benzene rings is 1. The van der Waals surface area contributed by atoms with Crippen LogP contribution in [0, 0.1) is 5.92 Å². The molecule has 0 aliphatic heterocycles. The van der Waals surface area contributed by atoms with Gasteiger partial charge in [0.1, 0.15) is 18.5 Å². The molecule has 0 aromatic heterocycles. The molecule has 1 aromatic rings. The Morgan fingerprint density at radius 2 is 1.90 bits per heavy atom. The minimum Gasteiger partial charge on any atom is -0.489 e. The fourth-order valence-electron chi connectivity index (χ4n) is 1.47. The first kappa shape index (κ1) is 17.5. The van der Waals surface area contributed by atoms with Gasteiger partial charge in [0.25, 0.3) is 0 Å². The summed E-state index contributed by atoms with van der Waals surface area (Å²) in [6.45, 7) is 4.75. The van der Waals surface area contributed by atoms with Crippen molar-refractivity contribution in [2.45, 2.75) is 26.1 Å². The third-order valence-electron chi connectivity index (χ3n) is 2.83. The first-order valence-electron chi connectivity index (χ1n) is 6.55. The quantitative estimate of drug-likeness (QED) is 0.687. The predicted molar refractivity (Wildman–Crippen MR) is 81.7 cm³/mol. The molecule has 3 N–H and O–H groups in total. The van der Waals surface area contributed by atoms with Gasteiger partial charge in [-0.05, 0) is 18.1 Å². The van der Waals surface area contributed by atoms with Gasteiger partial charge >= 0.3 is 0 Å². The number of ether oxygens (including phenoxy) is 1. The topological polar surface area (TPSA) is 61.7 Å². The van der Waals surface area contributed by atoms with Crippen LogP contribution in [0.2, 0.25) is 10.0 Å². The molecule has 0 radical (unpaired) electrons. The highest BCUT2D eigenvalue weighted by molar-refractivity contribution is 6.34. The Labute approximate surface area is 129 Å². The molecule has 2 unspecified atom stereocenters. The van der Waals surface area contributed by atoms with E-state index in [-0.39, 0.29) is 12.5 Å². The molecule has 1 aromatic carbocycles. The summed E-state index contributed by atoms with van der Waals surface area (Å²) in [5, 5.41) is 23.3. The van der Waals surface area contributed by atoms with E-state index in [1.807, 2.05) is 13.8 Å². The zero-order valence-corrected chi connectivity index (χ0v) is 13.2. The second-order valence-corrected chi connectivity index (χ2v) is 5.85. The lowest BCUT2D eigenvalue weighted by atomic mass is 10.1. The monoisotopic (exact) mass is 321 g/mol. The molecule has 1 rings (SSSR count). The normalized spacial score (nSPS) is 14.3. The molecule has 4 nitrogen and oxygen atoms in total. The van der Waals surface area contributed by atoms with Gasteiger partial charge in [-0.2, -0.15) is 0 Å². The van der Waals surface area contributed by atoms with Crippen molar-refractivity contribution in [2.24, 2.45) is 5.92 Å². The highest BCUT2D eigenvalue weighted by Gasteiger charge is 2.11. The van der Waals surface area contributed by atoms with E-state index in [0.717, 1.165) is 0 Å². The smallest absolute Gasteiger partial charge is 0.139 e. The Hall–Kier alpha value is -0.520. The fraction of sp³-hybridized carbons (Fsp3) is 0.571. The van der Waals surface area contributed by atoms with Crippen molar-refractivity contribution >= 4 is 23.2 Å². The minimum atomic E-state index is -0.690. The summed E-state index contributed by atoms with van der Waals surface area (Å²) >= 11 is 11.8. The van der Waals surface area contributed by atoms with E-state index in [0.29, 0.717) is 28.9 Å². The first-order valence-corrected chi connectivity index (χ1v) is 7.30. The predicted octanol–water partition coefficient (Wildman–Crippen LogP) is 2.34. The summed E-state index contributed by atoms with van der Waals surface area (Å²) < 4.78 is 5.42. The zero-order valence-electron chi connectivity index (χ0n) is 11.6. The average molecular weight is 322 g/mol. The maximum absolute atomic E-state index is 9.78. The van der Waals surface area contributed by atoms with Crippen LogP contribution in [-0.4, -0.2) is 42.1 Å². The van der Waals surface area contributed by atoms with Gasteiger partial charge in [0.15, 0.2) is 0 Å². The molecule has 0 amide bonds. The van der Waals surface area contributed by atoms with Gasteiger partial charge in [0, 0.05) is 24.2 Å². The minimum absolute atomic E-state index is 0.102. The molecule has 114 valence electrons. The number of rotatable bonds is 8. The van der Waals surface area contributed by atoms with Crippen molar-refractivity contribution in [1.29, 1.82) is 0 Å². The van der Waals surface area contributed by atoms with E-state index in [9.17, 15) is 10.2 Å². The van der Waals surface area contributed by atoms with Gasteiger partial charge in [-0.3, -0.25) is 0 Å². The van der Waals surface area contributed by atoms with Crippen LogP contribution in [0.25, 0.3) is 0 Å². The van der Waals surface area contributed by atoms with Crippen LogP contribution in [0.4, 0.5) is 0 Å². The molecule has 2 atom stereocenters. The summed E-state index contributed by atoms with van der Waals surface area (Å²) in [6.07, 6.45) is -1.12. The summed E-state index contributed by atoms with van der Waals surface area (Å²) in [5.74, 6) is 0.626. The van der Waals surface area contributed by atoms with Crippen molar-refractivity contribution in [3.8, 4) is 5.75 Å². The van der Waals surface area contributed by atoms with Crippen molar-refractivity contribution in [3.63, 3.8) is 0 Å². The Balaban J connectivity index is 2.29. The van der Waals surface area contributed by atoms with Crippen LogP contribution in [0.15, 0.2) is 18.2 Å². The lowest BCUT2D eigenvalue weighted by Crippen LogP contribution is -2.37. The van der Waals surface area contributed by atoms with E-state index in [1.54, 1.807) is 18.2 Å². The van der Waals surface area contributed by atoms with Gasteiger partial charge in [-0.15, -0.1) is 0 Å². The number of nitrogens with one attached hydrogen (secondary N) is 1. The lowest BCUT2D eigenvalue weighted by molar-refractivity contribution is 0.0909. The van der Waals surface area contributed by atoms with Crippen LogP contribution in [-0.2, 0) is 0 Å². The third kappa shape index (κ3) is 6.29. The molecule has 0 heterocycles. The Morgan fingerprint density at radius 3 is 2.55 bits per heavy atom. The van der Waals surface area contributed by atoms with Crippen LogP contribution >= 0.6 is 23.2 Å². The summed E-state index contributed by atoms with van der Waals surface area (Å²) in [6, 6.07) is 4.91. The van der Waals surface area contributed by atoms with Crippen molar-refractivity contribution in [1.82, 2.24) is 5.32 Å². The van der Waals surface area contributed by atoms with Gasteiger partial charge in [0.2, 0.25) is 0 Å². The third-order valence-corrected chi connectivity index (χ3v) is 3.37. The Morgan fingerprint density at radius 1 is 1.20 bits per heavy atom. The molecule has 0 aliphatic carbocycles. The SMILES string of the molecule is CC(C)C(O)CNCC(O)COc1cc(Cl)ccc1Cl. The molecule has 0 fully saturated rings. The summed E-state index contributed by atoms with van der Waals surface area (Å²) in [4.78, 5) is 0. The van der Waals surface area contributed by atoms with Gasteiger partial charge in [0.05, 0.1) is 11.1 Å². The maximum Gasteiger partial charge on any atom is 0.139 e. The Bertz CT molecular complexity index is 415.